The number of nitrogens with zero attached hydrogens (tertiary/aromatic N) is 5. The molecule has 2 saturated heterocycles. The van der Waals surface area contributed by atoms with Crippen LogP contribution in [-0.4, -0.2) is 72.7 Å². The maximum absolute atomic E-state index is 12.8. The monoisotopic (exact) mass is 411 g/mol. The maximum Gasteiger partial charge on any atom is 0.401 e. The summed E-state index contributed by atoms with van der Waals surface area (Å²) in [5.41, 5.74) is 0.295. The molecule has 1 aromatic heterocycles. The lowest BCUT2D eigenvalue weighted by Crippen LogP contribution is -2.52. The average Bonchev–Trinajstić information content (AvgIpc) is 3.46. The first-order valence-corrected chi connectivity index (χ1v) is 10.1. The zero-order valence-corrected chi connectivity index (χ0v) is 16.1. The largest absolute Gasteiger partial charge is 0.423 e. The number of nitriles is 1. The molecule has 1 saturated carbocycles. The normalized spacial score (nSPS) is 22.0. The van der Waals surface area contributed by atoms with Gasteiger partial charge in [-0.05, 0) is 38.8 Å². The van der Waals surface area contributed by atoms with Gasteiger partial charge in [-0.2, -0.15) is 18.4 Å². The Hall–Kier alpha value is -2.28. The molecule has 0 bridgehead atoms. The highest BCUT2D eigenvalue weighted by Gasteiger charge is 2.36. The Bertz CT molecular complexity index is 783. The van der Waals surface area contributed by atoms with Gasteiger partial charge >= 0.3 is 6.18 Å². The molecule has 7 nitrogen and oxygen atoms in total. The highest BCUT2D eigenvalue weighted by Crippen LogP contribution is 2.41. The minimum atomic E-state index is -4.20. The van der Waals surface area contributed by atoms with E-state index < -0.39 is 12.7 Å². The lowest BCUT2D eigenvalue weighted by molar-refractivity contribution is -0.151. The minimum Gasteiger partial charge on any atom is -0.423 e. The van der Waals surface area contributed by atoms with Gasteiger partial charge in [0, 0.05) is 38.0 Å². The number of carbonyl (C=O) groups is 1. The van der Waals surface area contributed by atoms with Crippen LogP contribution in [0, 0.1) is 17.2 Å². The molecule has 0 spiro atoms. The summed E-state index contributed by atoms with van der Waals surface area (Å²) < 4.78 is 43.4. The SMILES string of the molecule is N#Cc1nc(C2CC2)oc1N1CCN(C(=O)C2CCN(CC(F)(F)F)CC2)CC1. The number of hydrogen-bond acceptors (Lipinski definition) is 6. The molecule has 158 valence electrons. The quantitative estimate of drug-likeness (QED) is 0.757. The molecule has 3 heterocycles. The van der Waals surface area contributed by atoms with Crippen molar-refractivity contribution >= 4 is 11.8 Å². The number of oxazole rings is 1. The number of rotatable bonds is 4. The standard InChI is InChI=1S/C19H24F3N5O2/c20-19(21,22)12-25-5-3-14(4-6-25)17(28)26-7-9-27(10-8-26)18-15(11-23)24-16(29-18)13-1-2-13/h13-14H,1-10,12H2. The zero-order valence-electron chi connectivity index (χ0n) is 16.1. The lowest BCUT2D eigenvalue weighted by Gasteiger charge is -2.38. The first-order valence-electron chi connectivity index (χ1n) is 10.1. The second-order valence-electron chi connectivity index (χ2n) is 8.07. The summed E-state index contributed by atoms with van der Waals surface area (Å²) in [5.74, 6) is 1.24. The van der Waals surface area contributed by atoms with E-state index in [0.717, 1.165) is 12.8 Å². The lowest BCUT2D eigenvalue weighted by atomic mass is 9.95. The zero-order chi connectivity index (χ0) is 20.6. The van der Waals surface area contributed by atoms with Crippen molar-refractivity contribution in [3.05, 3.63) is 11.6 Å². The van der Waals surface area contributed by atoms with E-state index in [-0.39, 0.29) is 11.8 Å². The van der Waals surface area contributed by atoms with Gasteiger partial charge < -0.3 is 14.2 Å². The molecule has 0 radical (unpaired) electrons. The Morgan fingerprint density at radius 2 is 1.76 bits per heavy atom. The van der Waals surface area contributed by atoms with Crippen LogP contribution in [0.3, 0.4) is 0 Å². The summed E-state index contributed by atoms with van der Waals surface area (Å²) in [6.07, 6.45) is -1.21. The molecule has 29 heavy (non-hydrogen) atoms. The predicted octanol–water partition coefficient (Wildman–Crippen LogP) is 2.35. The van der Waals surface area contributed by atoms with E-state index in [1.807, 2.05) is 4.90 Å². The van der Waals surface area contributed by atoms with E-state index in [9.17, 15) is 23.2 Å². The molecule has 1 amide bonds. The van der Waals surface area contributed by atoms with E-state index in [0.29, 0.717) is 75.5 Å². The molecular formula is C19H24F3N5O2. The Labute approximate surface area is 167 Å². The van der Waals surface area contributed by atoms with Crippen LogP contribution in [0.25, 0.3) is 0 Å². The van der Waals surface area contributed by atoms with Crippen LogP contribution < -0.4 is 4.90 Å². The molecule has 0 unspecified atom stereocenters. The number of piperazine rings is 1. The molecule has 0 N–H and O–H groups in total. The third kappa shape index (κ3) is 4.66. The van der Waals surface area contributed by atoms with Gasteiger partial charge in [-0.3, -0.25) is 9.69 Å². The van der Waals surface area contributed by atoms with Gasteiger partial charge in [-0.1, -0.05) is 0 Å². The van der Waals surface area contributed by atoms with Gasteiger partial charge in [-0.25, -0.2) is 4.98 Å². The van der Waals surface area contributed by atoms with Crippen molar-refractivity contribution in [2.75, 3.05) is 50.7 Å². The molecule has 3 aliphatic rings. The molecule has 2 aliphatic heterocycles. The summed E-state index contributed by atoms with van der Waals surface area (Å²) >= 11 is 0. The topological polar surface area (TPSA) is 76.6 Å². The van der Waals surface area contributed by atoms with Crippen LogP contribution in [0.15, 0.2) is 4.42 Å². The van der Waals surface area contributed by atoms with Crippen molar-refractivity contribution in [1.82, 2.24) is 14.8 Å². The Balaban J connectivity index is 1.29. The molecule has 0 atom stereocenters. The molecular weight excluding hydrogens is 387 g/mol. The number of aromatic nitrogens is 1. The third-order valence-electron chi connectivity index (χ3n) is 5.88. The third-order valence-corrected chi connectivity index (χ3v) is 5.88. The van der Waals surface area contributed by atoms with Crippen molar-refractivity contribution in [3.63, 3.8) is 0 Å². The number of carbonyl (C=O) groups excluding carboxylic acids is 1. The fraction of sp³-hybridized carbons (Fsp3) is 0.737. The van der Waals surface area contributed by atoms with Crippen molar-refractivity contribution in [2.45, 2.75) is 37.8 Å². The number of hydrogen-bond donors (Lipinski definition) is 0. The molecule has 1 aliphatic carbocycles. The molecule has 10 heteroatoms. The highest BCUT2D eigenvalue weighted by molar-refractivity contribution is 5.79. The number of likely N-dealkylation sites (tertiary alicyclic amines) is 1. The fourth-order valence-corrected chi connectivity index (χ4v) is 4.10. The van der Waals surface area contributed by atoms with Crippen LogP contribution in [-0.2, 0) is 4.79 Å². The molecule has 3 fully saturated rings. The van der Waals surface area contributed by atoms with Gasteiger partial charge in [0.1, 0.15) is 6.07 Å². The number of alkyl halides is 3. The van der Waals surface area contributed by atoms with E-state index in [1.165, 1.54) is 4.90 Å². The summed E-state index contributed by atoms with van der Waals surface area (Å²) in [4.78, 5) is 22.2. The second-order valence-corrected chi connectivity index (χ2v) is 8.07. The number of amides is 1. The first kappa shape index (κ1) is 20.0. The van der Waals surface area contributed by atoms with Gasteiger partial charge in [0.2, 0.25) is 23.4 Å². The van der Waals surface area contributed by atoms with Gasteiger partial charge in [0.05, 0.1) is 6.54 Å². The summed E-state index contributed by atoms with van der Waals surface area (Å²) in [5, 5.41) is 9.33. The van der Waals surface area contributed by atoms with Crippen LogP contribution in [0.4, 0.5) is 19.1 Å². The van der Waals surface area contributed by atoms with Crippen molar-refractivity contribution in [3.8, 4) is 6.07 Å². The van der Waals surface area contributed by atoms with Crippen LogP contribution in [0.2, 0.25) is 0 Å². The molecule has 4 rings (SSSR count). The highest BCUT2D eigenvalue weighted by atomic mass is 19.4. The van der Waals surface area contributed by atoms with Crippen molar-refractivity contribution < 1.29 is 22.4 Å². The number of piperidine rings is 1. The molecule has 0 aromatic carbocycles. The van der Waals surface area contributed by atoms with Crippen molar-refractivity contribution in [1.29, 1.82) is 5.26 Å². The summed E-state index contributed by atoms with van der Waals surface area (Å²) in [6.45, 7) is 1.79. The van der Waals surface area contributed by atoms with Crippen LogP contribution in [0.1, 0.15) is 43.2 Å². The number of halogens is 3. The van der Waals surface area contributed by atoms with Gasteiger partial charge in [-0.15, -0.1) is 0 Å². The van der Waals surface area contributed by atoms with Crippen LogP contribution in [0.5, 0.6) is 0 Å². The second kappa shape index (κ2) is 7.86. The van der Waals surface area contributed by atoms with Gasteiger partial charge in [0.15, 0.2) is 0 Å². The minimum absolute atomic E-state index is 0.0213. The van der Waals surface area contributed by atoms with E-state index >= 15 is 0 Å². The average molecular weight is 411 g/mol. The Kier molecular flexibility index (Phi) is 5.42. The van der Waals surface area contributed by atoms with Crippen LogP contribution >= 0.6 is 0 Å². The Morgan fingerprint density at radius 1 is 1.10 bits per heavy atom. The maximum atomic E-state index is 12.8. The van der Waals surface area contributed by atoms with Crippen molar-refractivity contribution in [2.24, 2.45) is 5.92 Å². The Morgan fingerprint density at radius 3 is 2.31 bits per heavy atom. The summed E-state index contributed by atoms with van der Waals surface area (Å²) in [6, 6.07) is 2.09. The summed E-state index contributed by atoms with van der Waals surface area (Å²) in [7, 11) is 0. The first-order chi connectivity index (χ1) is 13.8. The fourth-order valence-electron chi connectivity index (χ4n) is 4.10. The van der Waals surface area contributed by atoms with E-state index in [4.69, 9.17) is 4.42 Å². The number of anilines is 1. The molecule has 1 aromatic rings. The van der Waals surface area contributed by atoms with E-state index in [2.05, 4.69) is 11.1 Å². The van der Waals surface area contributed by atoms with E-state index in [1.54, 1.807) is 4.90 Å². The predicted molar refractivity (Wildman–Crippen MR) is 97.2 cm³/mol. The van der Waals surface area contributed by atoms with Gasteiger partial charge in [0.25, 0.3) is 0 Å². The smallest absolute Gasteiger partial charge is 0.401 e.